The summed E-state index contributed by atoms with van der Waals surface area (Å²) in [4.78, 5) is 13.1. The molecule has 2 fully saturated rings. The van der Waals surface area contributed by atoms with Crippen LogP contribution in [-0.2, 0) is 23.7 Å². The number of allylic oxidation sites excluding steroid dienone is 3. The number of carbonyl (C=O) groups excluding carboxylic acids is 1. The third-order valence-corrected chi connectivity index (χ3v) is 12.9. The molecule has 0 aromatic rings. The first-order chi connectivity index (χ1) is 31.6. The molecule has 12 atom stereocenters. The van der Waals surface area contributed by atoms with Crippen LogP contribution >= 0.6 is 0 Å². The topological polar surface area (TPSA) is 228 Å². The van der Waals surface area contributed by atoms with E-state index in [0.717, 1.165) is 51.4 Å². The van der Waals surface area contributed by atoms with E-state index in [1.807, 2.05) is 6.08 Å². The van der Waals surface area contributed by atoms with Gasteiger partial charge in [0, 0.05) is 6.42 Å². The highest BCUT2D eigenvalue weighted by atomic mass is 16.7. The van der Waals surface area contributed by atoms with Crippen molar-refractivity contribution in [1.29, 1.82) is 0 Å². The molecule has 2 heterocycles. The van der Waals surface area contributed by atoms with Crippen LogP contribution in [0.1, 0.15) is 200 Å². The lowest BCUT2D eigenvalue weighted by Crippen LogP contribution is -2.65. The average Bonchev–Trinajstić information content (AvgIpc) is 3.30. The van der Waals surface area contributed by atoms with Gasteiger partial charge in [0.2, 0.25) is 5.91 Å². The lowest BCUT2D eigenvalue weighted by atomic mass is 9.97. The van der Waals surface area contributed by atoms with Crippen LogP contribution in [-0.4, -0.2) is 140 Å². The van der Waals surface area contributed by atoms with Crippen LogP contribution < -0.4 is 5.32 Å². The molecule has 0 saturated carbocycles. The minimum Gasteiger partial charge on any atom is -0.394 e. The summed E-state index contributed by atoms with van der Waals surface area (Å²) >= 11 is 0. The van der Waals surface area contributed by atoms with Gasteiger partial charge in [0.05, 0.1) is 32.0 Å². The molecule has 1 amide bonds. The number of hydrogen-bond acceptors (Lipinski definition) is 13. The Labute approximate surface area is 392 Å². The van der Waals surface area contributed by atoms with Gasteiger partial charge in [-0.05, 0) is 44.9 Å². The van der Waals surface area contributed by atoms with Crippen LogP contribution in [0.15, 0.2) is 24.3 Å². The highest BCUT2D eigenvalue weighted by Gasteiger charge is 2.51. The smallest absolute Gasteiger partial charge is 0.220 e. The van der Waals surface area contributed by atoms with Gasteiger partial charge in [-0.1, -0.05) is 173 Å². The highest BCUT2D eigenvalue weighted by molar-refractivity contribution is 5.76. The van der Waals surface area contributed by atoms with Crippen molar-refractivity contribution in [3.05, 3.63) is 24.3 Å². The van der Waals surface area contributed by atoms with Gasteiger partial charge in [0.15, 0.2) is 12.6 Å². The van der Waals surface area contributed by atoms with Crippen molar-refractivity contribution in [2.45, 2.75) is 274 Å². The van der Waals surface area contributed by atoms with E-state index in [2.05, 4.69) is 31.3 Å². The molecule has 14 nitrogen and oxygen atoms in total. The molecule has 2 aliphatic heterocycles. The molecule has 0 aromatic heterocycles. The predicted molar refractivity (Wildman–Crippen MR) is 254 cm³/mol. The first-order valence-electron chi connectivity index (χ1n) is 26.1. The molecule has 0 aliphatic carbocycles. The Morgan fingerprint density at radius 2 is 0.969 bits per heavy atom. The Morgan fingerprint density at radius 1 is 0.538 bits per heavy atom. The van der Waals surface area contributed by atoms with Crippen LogP contribution in [0.3, 0.4) is 0 Å². The number of aliphatic hydroxyl groups is 8. The van der Waals surface area contributed by atoms with Gasteiger partial charge in [-0.2, -0.15) is 0 Å². The van der Waals surface area contributed by atoms with E-state index in [9.17, 15) is 45.6 Å². The summed E-state index contributed by atoms with van der Waals surface area (Å²) in [6.45, 7) is 2.70. The van der Waals surface area contributed by atoms with Gasteiger partial charge in [0.1, 0.15) is 48.8 Å². The number of nitrogens with one attached hydrogen (secondary N) is 1. The van der Waals surface area contributed by atoms with Crippen molar-refractivity contribution in [3.8, 4) is 0 Å². The van der Waals surface area contributed by atoms with Crippen LogP contribution in [0.25, 0.3) is 0 Å². The predicted octanol–water partition coefficient (Wildman–Crippen LogP) is 6.94. The van der Waals surface area contributed by atoms with Crippen molar-refractivity contribution in [3.63, 3.8) is 0 Å². The molecule has 9 N–H and O–H groups in total. The van der Waals surface area contributed by atoms with Crippen molar-refractivity contribution in [2.75, 3.05) is 19.8 Å². The summed E-state index contributed by atoms with van der Waals surface area (Å²) in [5.41, 5.74) is 0. The maximum absolute atomic E-state index is 13.1. The van der Waals surface area contributed by atoms with Crippen molar-refractivity contribution in [2.24, 2.45) is 0 Å². The zero-order valence-electron chi connectivity index (χ0n) is 40.5. The normalized spacial score (nSPS) is 27.2. The minimum absolute atomic E-state index is 0.245. The number of ether oxygens (including phenoxy) is 4. The fraction of sp³-hybridized carbons (Fsp3) is 0.902. The summed E-state index contributed by atoms with van der Waals surface area (Å²) in [6.07, 6.45) is 25.7. The van der Waals surface area contributed by atoms with Crippen LogP contribution in [0.4, 0.5) is 0 Å². The molecular weight excluding hydrogens is 835 g/mol. The molecule has 0 bridgehead atoms. The molecule has 0 radical (unpaired) electrons. The molecule has 12 unspecified atom stereocenters. The SMILES string of the molecule is CCCCCC/C=C/C(O)C(COC1OC(CO)C(OC2OC(CO)C(O)C(O)C2O)C(O)C1O)NC(=O)CCCCCCCCCCCCCCC/C=C\CCCCCCCCCC. The Morgan fingerprint density at radius 3 is 1.48 bits per heavy atom. The lowest BCUT2D eigenvalue weighted by molar-refractivity contribution is -0.359. The van der Waals surface area contributed by atoms with E-state index in [4.69, 9.17) is 18.9 Å². The van der Waals surface area contributed by atoms with Crippen molar-refractivity contribution in [1.82, 2.24) is 5.32 Å². The summed E-state index contributed by atoms with van der Waals surface area (Å²) in [5, 5.41) is 86.3. The molecule has 382 valence electrons. The largest absolute Gasteiger partial charge is 0.394 e. The highest BCUT2D eigenvalue weighted by Crippen LogP contribution is 2.30. The van der Waals surface area contributed by atoms with Gasteiger partial charge in [-0.15, -0.1) is 0 Å². The Bertz CT molecular complexity index is 1190. The molecular formula is C51H95NO13. The zero-order chi connectivity index (χ0) is 47.5. The first kappa shape index (κ1) is 59.6. The number of aliphatic hydroxyl groups excluding tert-OH is 8. The Hall–Kier alpha value is -1.53. The van der Waals surface area contributed by atoms with E-state index >= 15 is 0 Å². The molecule has 2 rings (SSSR count). The van der Waals surface area contributed by atoms with Crippen LogP contribution in [0, 0.1) is 0 Å². The number of rotatable bonds is 40. The minimum atomic E-state index is -1.78. The summed E-state index contributed by atoms with van der Waals surface area (Å²) in [7, 11) is 0. The van der Waals surface area contributed by atoms with Gasteiger partial charge in [-0.25, -0.2) is 0 Å². The first-order valence-corrected chi connectivity index (χ1v) is 26.1. The van der Waals surface area contributed by atoms with Gasteiger partial charge in [-0.3, -0.25) is 4.79 Å². The standard InChI is InChI=1S/C51H95NO13/c1-3-5-7-9-11-12-13-14-15-16-17-18-19-20-21-22-23-24-25-26-27-28-29-31-33-35-43(56)52-39(40(55)34-32-30-10-8-6-4-2)38-62-50-48(61)46(59)49(42(37-54)64-50)65-51-47(60)45(58)44(57)41(36-53)63-51/h16-17,32,34,39-42,44-51,53-55,57-61H,3-15,18-31,33,35-38H2,1-2H3,(H,52,56)/b17-16-,34-32+. The molecule has 65 heavy (non-hydrogen) atoms. The average molecular weight is 930 g/mol. The number of unbranched alkanes of at least 4 members (excludes halogenated alkanes) is 25. The fourth-order valence-corrected chi connectivity index (χ4v) is 8.58. The second-order valence-electron chi connectivity index (χ2n) is 18.6. The summed E-state index contributed by atoms with van der Waals surface area (Å²) in [5.74, 6) is -0.245. The van der Waals surface area contributed by atoms with Crippen molar-refractivity contribution < 1.29 is 64.6 Å². The van der Waals surface area contributed by atoms with Crippen molar-refractivity contribution >= 4 is 5.91 Å². The Balaban J connectivity index is 1.66. The second-order valence-corrected chi connectivity index (χ2v) is 18.6. The second kappa shape index (κ2) is 38.3. The third kappa shape index (κ3) is 25.6. The van der Waals surface area contributed by atoms with Crippen LogP contribution in [0.5, 0.6) is 0 Å². The van der Waals surface area contributed by atoms with E-state index in [-0.39, 0.29) is 18.9 Å². The maximum Gasteiger partial charge on any atom is 0.220 e. The maximum atomic E-state index is 13.1. The number of carbonyl (C=O) groups is 1. The monoisotopic (exact) mass is 930 g/mol. The molecule has 2 saturated heterocycles. The third-order valence-electron chi connectivity index (χ3n) is 12.9. The number of amides is 1. The van der Waals surface area contributed by atoms with E-state index in [0.29, 0.717) is 6.42 Å². The summed E-state index contributed by atoms with van der Waals surface area (Å²) in [6, 6.07) is -0.908. The molecule has 14 heteroatoms. The molecule has 0 spiro atoms. The quantitative estimate of drug-likeness (QED) is 0.0225. The van der Waals surface area contributed by atoms with Gasteiger partial charge in [0.25, 0.3) is 0 Å². The van der Waals surface area contributed by atoms with E-state index in [1.165, 1.54) is 122 Å². The lowest BCUT2D eigenvalue weighted by Gasteiger charge is -2.46. The van der Waals surface area contributed by atoms with E-state index < -0.39 is 86.8 Å². The van der Waals surface area contributed by atoms with E-state index in [1.54, 1.807) is 6.08 Å². The fourth-order valence-electron chi connectivity index (χ4n) is 8.58. The summed E-state index contributed by atoms with van der Waals surface area (Å²) < 4.78 is 22.6. The number of hydrogen-bond donors (Lipinski definition) is 9. The molecule has 2 aliphatic rings. The Kier molecular flexibility index (Phi) is 35.1. The van der Waals surface area contributed by atoms with Gasteiger partial charge >= 0.3 is 0 Å². The molecule has 0 aromatic carbocycles. The van der Waals surface area contributed by atoms with Gasteiger partial charge < -0.3 is 65.1 Å². The zero-order valence-corrected chi connectivity index (χ0v) is 40.5. The van der Waals surface area contributed by atoms with Crippen LogP contribution in [0.2, 0.25) is 0 Å².